The van der Waals surface area contributed by atoms with Crippen LogP contribution in [0, 0.1) is 0 Å². The van der Waals surface area contributed by atoms with E-state index in [0.717, 1.165) is 0 Å². The molecule has 164 valence electrons. The molecular formula is C28H44N2+2. The minimum atomic E-state index is 1.18. The van der Waals surface area contributed by atoms with E-state index in [2.05, 4.69) is 58.2 Å². The van der Waals surface area contributed by atoms with Crippen LogP contribution in [0.15, 0.2) is 49.1 Å². The average molecular weight is 409 g/mol. The molecule has 0 unspecified atom stereocenters. The Morgan fingerprint density at radius 3 is 1.23 bits per heavy atom. The van der Waals surface area contributed by atoms with Gasteiger partial charge in [-0.1, -0.05) is 51.4 Å². The molecule has 3 rings (SSSR count). The van der Waals surface area contributed by atoms with Crippen molar-refractivity contribution < 1.29 is 9.13 Å². The summed E-state index contributed by atoms with van der Waals surface area (Å²) < 4.78 is 4.83. The van der Waals surface area contributed by atoms with Gasteiger partial charge in [0.2, 0.25) is 0 Å². The number of nitrogens with zero attached hydrogens (tertiary/aromatic N) is 2. The van der Waals surface area contributed by atoms with Crippen molar-refractivity contribution in [3.8, 4) is 0 Å². The summed E-state index contributed by atoms with van der Waals surface area (Å²) in [5.41, 5.74) is 3.04. The Balaban J connectivity index is 1.45. The van der Waals surface area contributed by atoms with Crippen LogP contribution in [0.2, 0.25) is 0 Å². The Kier molecular flexibility index (Phi) is 11.0. The Hall–Kier alpha value is -1.70. The predicted molar refractivity (Wildman–Crippen MR) is 125 cm³/mol. The Morgan fingerprint density at radius 1 is 0.433 bits per heavy atom. The van der Waals surface area contributed by atoms with Crippen LogP contribution in [0.3, 0.4) is 0 Å². The summed E-state index contributed by atoms with van der Waals surface area (Å²) in [7, 11) is 0. The summed E-state index contributed by atoms with van der Waals surface area (Å²) in [5.74, 6) is 0. The number of aryl methyl sites for hydroxylation is 4. The molecule has 0 saturated heterocycles. The zero-order valence-electron chi connectivity index (χ0n) is 19.2. The smallest absolute Gasteiger partial charge is 0.171 e. The summed E-state index contributed by atoms with van der Waals surface area (Å²) in [5, 5.41) is 0. The lowest BCUT2D eigenvalue weighted by Crippen LogP contribution is -2.33. The van der Waals surface area contributed by atoms with Crippen molar-refractivity contribution in [1.82, 2.24) is 0 Å². The van der Waals surface area contributed by atoms with E-state index in [9.17, 15) is 0 Å². The van der Waals surface area contributed by atoms with Crippen molar-refractivity contribution in [3.63, 3.8) is 0 Å². The molecule has 1 aliphatic rings. The maximum absolute atomic E-state index is 2.42. The van der Waals surface area contributed by atoms with Gasteiger partial charge >= 0.3 is 0 Å². The molecule has 2 aromatic rings. The minimum Gasteiger partial charge on any atom is -0.205 e. The van der Waals surface area contributed by atoms with Crippen LogP contribution >= 0.6 is 0 Å². The molecule has 0 saturated carbocycles. The van der Waals surface area contributed by atoms with Crippen LogP contribution in [0.5, 0.6) is 0 Å². The van der Waals surface area contributed by atoms with E-state index in [0.29, 0.717) is 0 Å². The third kappa shape index (κ3) is 9.41. The van der Waals surface area contributed by atoms with Crippen LogP contribution in [0.25, 0.3) is 0 Å². The van der Waals surface area contributed by atoms with Crippen molar-refractivity contribution in [1.29, 1.82) is 0 Å². The number of aromatic nitrogens is 2. The van der Waals surface area contributed by atoms with E-state index in [1.165, 1.54) is 127 Å². The molecule has 0 amide bonds. The molecular weight excluding hydrogens is 364 g/mol. The normalized spacial score (nSPS) is 18.9. The first-order chi connectivity index (χ1) is 14.9. The minimum absolute atomic E-state index is 1.18. The molecule has 2 nitrogen and oxygen atoms in total. The quantitative estimate of drug-likeness (QED) is 0.438. The molecule has 4 bridgehead atoms. The molecule has 30 heavy (non-hydrogen) atoms. The van der Waals surface area contributed by atoms with Crippen molar-refractivity contribution in [2.75, 3.05) is 0 Å². The summed E-state index contributed by atoms with van der Waals surface area (Å²) in [4.78, 5) is 0. The lowest BCUT2D eigenvalue weighted by atomic mass is 10.0. The van der Waals surface area contributed by atoms with Crippen LogP contribution in [0.4, 0.5) is 0 Å². The zero-order valence-corrected chi connectivity index (χ0v) is 19.2. The van der Waals surface area contributed by atoms with Crippen molar-refractivity contribution >= 4 is 0 Å². The highest BCUT2D eigenvalue weighted by Gasteiger charge is 2.05. The van der Waals surface area contributed by atoms with E-state index in [-0.39, 0.29) is 0 Å². The molecule has 0 aliphatic carbocycles. The third-order valence-electron chi connectivity index (χ3n) is 6.60. The molecule has 1 aliphatic heterocycles. The summed E-state index contributed by atoms with van der Waals surface area (Å²) in [6.07, 6.45) is 31.0. The van der Waals surface area contributed by atoms with Gasteiger partial charge in [-0.3, -0.25) is 0 Å². The fraction of sp³-hybridized carbons (Fsp3) is 0.643. The van der Waals surface area contributed by atoms with Gasteiger partial charge in [0, 0.05) is 36.1 Å². The number of hydrogen-bond acceptors (Lipinski definition) is 0. The van der Waals surface area contributed by atoms with E-state index in [1.54, 1.807) is 0 Å². The topological polar surface area (TPSA) is 7.76 Å². The van der Waals surface area contributed by atoms with Gasteiger partial charge in [-0.15, -0.1) is 0 Å². The van der Waals surface area contributed by atoms with E-state index >= 15 is 0 Å². The van der Waals surface area contributed by atoms with Gasteiger partial charge in [-0.25, -0.2) is 9.13 Å². The van der Waals surface area contributed by atoms with E-state index in [1.807, 2.05) is 0 Å². The van der Waals surface area contributed by atoms with Crippen LogP contribution in [-0.4, -0.2) is 0 Å². The van der Waals surface area contributed by atoms with Gasteiger partial charge in [0.1, 0.15) is 13.1 Å². The zero-order chi connectivity index (χ0) is 20.7. The van der Waals surface area contributed by atoms with Gasteiger partial charge < -0.3 is 0 Å². The molecule has 0 aromatic carbocycles. The van der Waals surface area contributed by atoms with Crippen LogP contribution in [-0.2, 0) is 25.9 Å². The van der Waals surface area contributed by atoms with Crippen molar-refractivity contribution in [3.05, 3.63) is 60.2 Å². The summed E-state index contributed by atoms with van der Waals surface area (Å²) in [6.45, 7) is 2.36. The molecule has 0 atom stereocenters. The number of rotatable bonds is 0. The second kappa shape index (κ2) is 14.3. The molecule has 3 heterocycles. The molecule has 0 N–H and O–H groups in total. The van der Waals surface area contributed by atoms with Gasteiger partial charge in [0.15, 0.2) is 24.8 Å². The summed E-state index contributed by atoms with van der Waals surface area (Å²) >= 11 is 0. The van der Waals surface area contributed by atoms with Gasteiger partial charge in [-0.2, -0.15) is 0 Å². The fourth-order valence-corrected chi connectivity index (χ4v) is 4.74. The number of hydrogen-bond donors (Lipinski definition) is 0. The van der Waals surface area contributed by atoms with Crippen LogP contribution < -0.4 is 9.13 Å². The number of pyridine rings is 2. The number of fused-ring (bicyclic) bond motifs is 4. The maximum Gasteiger partial charge on any atom is 0.171 e. The first-order valence-corrected chi connectivity index (χ1v) is 12.9. The van der Waals surface area contributed by atoms with E-state index in [4.69, 9.17) is 0 Å². The summed E-state index contributed by atoms with van der Waals surface area (Å²) in [6, 6.07) is 9.11. The molecule has 2 aromatic heterocycles. The lowest BCUT2D eigenvalue weighted by molar-refractivity contribution is -0.697. The first kappa shape index (κ1) is 23.0. The molecule has 2 heteroatoms. The Bertz CT molecular complexity index is 648. The predicted octanol–water partition coefficient (Wildman–Crippen LogP) is 6.52. The largest absolute Gasteiger partial charge is 0.205 e. The van der Waals surface area contributed by atoms with Crippen molar-refractivity contribution in [2.45, 2.75) is 116 Å². The average Bonchev–Trinajstić information content (AvgIpc) is 2.77. The maximum atomic E-state index is 2.42. The molecule has 0 fully saturated rings. The monoisotopic (exact) mass is 408 g/mol. The van der Waals surface area contributed by atoms with Gasteiger partial charge in [0.05, 0.1) is 0 Å². The third-order valence-corrected chi connectivity index (χ3v) is 6.60. The molecule has 0 spiro atoms. The van der Waals surface area contributed by atoms with Crippen LogP contribution in [0.1, 0.15) is 101 Å². The Morgan fingerprint density at radius 2 is 0.800 bits per heavy atom. The SMILES string of the molecule is c1cc2c[n+](c1)CCCCCCCCCCc1ccc[n+](c1)CCCCCCCC2. The highest BCUT2D eigenvalue weighted by Crippen LogP contribution is 2.12. The van der Waals surface area contributed by atoms with E-state index < -0.39 is 0 Å². The highest BCUT2D eigenvalue weighted by molar-refractivity contribution is 5.05. The lowest BCUT2D eigenvalue weighted by Gasteiger charge is -2.05. The van der Waals surface area contributed by atoms with Gasteiger partial charge in [-0.05, 0) is 50.7 Å². The second-order valence-corrected chi connectivity index (χ2v) is 9.35. The standard InChI is InChI=1S/C28H44N2/c1-2-5-9-13-21-29-23-16-20-28(26-29)18-12-8-4-6-10-14-22-30-24-15-19-27(25-30)17-11-7-3-1/h15-16,19-20,23-26H,1-14,17-18,21-22H2/q+2. The first-order valence-electron chi connectivity index (χ1n) is 12.9. The fourth-order valence-electron chi connectivity index (χ4n) is 4.74. The second-order valence-electron chi connectivity index (χ2n) is 9.35. The highest BCUT2D eigenvalue weighted by atomic mass is 14.9. The van der Waals surface area contributed by atoms with Gasteiger partial charge in [0.25, 0.3) is 0 Å². The van der Waals surface area contributed by atoms with Crippen molar-refractivity contribution in [2.24, 2.45) is 0 Å². The molecule has 0 radical (unpaired) electrons. The Labute approximate surface area is 185 Å².